The van der Waals surface area contributed by atoms with Crippen LogP contribution in [-0.4, -0.2) is 14.6 Å². The molecule has 0 aliphatic carbocycles. The number of nitrogens with zero attached hydrogens (tertiary/aromatic N) is 3. The van der Waals surface area contributed by atoms with Gasteiger partial charge in [-0.25, -0.2) is 9.50 Å². The van der Waals surface area contributed by atoms with Crippen molar-refractivity contribution in [3.05, 3.63) is 73.2 Å². The summed E-state index contributed by atoms with van der Waals surface area (Å²) in [6, 6.07) is 20.1. The number of nitrogen functional groups attached to an aromatic ring is 1. The Kier molecular flexibility index (Phi) is 3.29. The molecule has 3 rings (SSSR count). The number of hydrogen-bond acceptors (Lipinski definition) is 3. The maximum Gasteiger partial charge on any atom is 0.151 e. The minimum Gasteiger partial charge on any atom is -0.382 e. The summed E-state index contributed by atoms with van der Waals surface area (Å²) in [7, 11) is 0. The van der Waals surface area contributed by atoms with Crippen LogP contribution in [0.4, 0.5) is 5.82 Å². The molecule has 4 heteroatoms. The van der Waals surface area contributed by atoms with Gasteiger partial charge in [0.2, 0.25) is 0 Å². The van der Waals surface area contributed by atoms with Crippen molar-refractivity contribution in [2.45, 2.75) is 0 Å². The maximum atomic E-state index is 5.86. The first-order valence-corrected chi connectivity index (χ1v) is 6.32. The highest BCUT2D eigenvalue weighted by atomic mass is 15.2. The monoisotopic (exact) mass is 262 g/mol. The molecule has 4 nitrogen and oxygen atoms in total. The molecule has 0 aliphatic rings. The third-order valence-corrected chi connectivity index (χ3v) is 2.99. The van der Waals surface area contributed by atoms with Gasteiger partial charge < -0.3 is 5.73 Å². The number of rotatable bonds is 1. The highest BCUT2D eigenvalue weighted by Crippen LogP contribution is 2.22. The molecule has 0 unspecified atom stereocenters. The lowest BCUT2D eigenvalue weighted by molar-refractivity contribution is 0.908. The predicted molar refractivity (Wildman–Crippen MR) is 80.5 cm³/mol. The number of hydrogen-bond donors (Lipinski definition) is 1. The van der Waals surface area contributed by atoms with E-state index >= 15 is 0 Å². The normalized spacial score (nSPS) is 10.2. The van der Waals surface area contributed by atoms with Crippen molar-refractivity contribution >= 4 is 11.3 Å². The molecule has 0 saturated heterocycles. The summed E-state index contributed by atoms with van der Waals surface area (Å²) in [5, 5.41) is 4.16. The summed E-state index contributed by atoms with van der Waals surface area (Å²) in [6.07, 6.45) is 3.40. The number of aromatic nitrogens is 3. The van der Waals surface area contributed by atoms with Crippen LogP contribution < -0.4 is 5.73 Å². The van der Waals surface area contributed by atoms with Gasteiger partial charge in [0.05, 0.1) is 0 Å². The molecule has 0 bridgehead atoms. The van der Waals surface area contributed by atoms with E-state index in [0.717, 1.165) is 16.6 Å². The molecule has 98 valence electrons. The molecule has 0 aliphatic heterocycles. The van der Waals surface area contributed by atoms with Crippen molar-refractivity contribution in [3.8, 4) is 11.1 Å². The van der Waals surface area contributed by atoms with E-state index in [0.29, 0.717) is 5.82 Å². The molecule has 20 heavy (non-hydrogen) atoms. The Morgan fingerprint density at radius 1 is 0.850 bits per heavy atom. The van der Waals surface area contributed by atoms with Crippen LogP contribution in [0.25, 0.3) is 16.6 Å². The third-order valence-electron chi connectivity index (χ3n) is 2.99. The van der Waals surface area contributed by atoms with Crippen molar-refractivity contribution in [1.82, 2.24) is 14.6 Å². The van der Waals surface area contributed by atoms with Gasteiger partial charge >= 0.3 is 0 Å². The molecule has 1 aromatic carbocycles. The Bertz CT molecular complexity index is 766. The van der Waals surface area contributed by atoms with E-state index in [-0.39, 0.29) is 0 Å². The summed E-state index contributed by atoms with van der Waals surface area (Å²) in [5.74, 6) is 0.481. The van der Waals surface area contributed by atoms with Gasteiger partial charge in [-0.3, -0.25) is 0 Å². The molecule has 2 N–H and O–H groups in total. The fourth-order valence-electron chi connectivity index (χ4n) is 1.99. The third kappa shape index (κ3) is 2.44. The first kappa shape index (κ1) is 12.2. The fraction of sp³-hybridized carbons (Fsp3) is 0. The fourth-order valence-corrected chi connectivity index (χ4v) is 1.99. The standard InChI is InChI=1S/C16H14N4/c17-16-15-10-14(11-20(15)19-12-18-16)13-8-6-4-2-1-3-5-7-9-13/h1-12H,(H2,17,18,19). The minimum atomic E-state index is 0.481. The molecule has 0 fully saturated rings. The van der Waals surface area contributed by atoms with Gasteiger partial charge in [0.1, 0.15) is 11.8 Å². The lowest BCUT2D eigenvalue weighted by Gasteiger charge is -1.93. The molecular weight excluding hydrogens is 248 g/mol. The van der Waals surface area contributed by atoms with E-state index < -0.39 is 0 Å². The van der Waals surface area contributed by atoms with Crippen LogP contribution in [0, 0.1) is 0 Å². The molecule has 3 aromatic rings. The summed E-state index contributed by atoms with van der Waals surface area (Å²) in [4.78, 5) is 4.00. The van der Waals surface area contributed by atoms with Crippen molar-refractivity contribution in [1.29, 1.82) is 0 Å². The van der Waals surface area contributed by atoms with Crippen molar-refractivity contribution in [2.24, 2.45) is 0 Å². The topological polar surface area (TPSA) is 56.2 Å². The van der Waals surface area contributed by atoms with Crippen molar-refractivity contribution < 1.29 is 0 Å². The lowest BCUT2D eigenvalue weighted by Crippen LogP contribution is -1.96. The molecule has 2 aromatic heterocycles. The Labute approximate surface area is 116 Å². The van der Waals surface area contributed by atoms with Crippen LogP contribution in [0.15, 0.2) is 73.2 Å². The molecule has 0 atom stereocenters. The van der Waals surface area contributed by atoms with Gasteiger partial charge in [-0.15, -0.1) is 0 Å². The second-order valence-electron chi connectivity index (χ2n) is 4.34. The van der Waals surface area contributed by atoms with Crippen LogP contribution in [0.2, 0.25) is 0 Å². The van der Waals surface area contributed by atoms with Crippen LogP contribution in [-0.2, 0) is 0 Å². The van der Waals surface area contributed by atoms with E-state index in [1.165, 1.54) is 6.33 Å². The van der Waals surface area contributed by atoms with Gasteiger partial charge in [-0.05, 0) is 11.6 Å². The smallest absolute Gasteiger partial charge is 0.151 e. The van der Waals surface area contributed by atoms with E-state index in [1.807, 2.05) is 54.7 Å². The molecule has 0 spiro atoms. The van der Waals surface area contributed by atoms with E-state index in [4.69, 9.17) is 5.73 Å². The number of fused-ring (bicyclic) bond motifs is 1. The van der Waals surface area contributed by atoms with Gasteiger partial charge in [0.25, 0.3) is 0 Å². The average molecular weight is 262 g/mol. The number of anilines is 1. The van der Waals surface area contributed by atoms with Crippen molar-refractivity contribution in [3.63, 3.8) is 0 Å². The summed E-state index contributed by atoms with van der Waals surface area (Å²) < 4.78 is 1.74. The Morgan fingerprint density at radius 2 is 1.50 bits per heavy atom. The van der Waals surface area contributed by atoms with Gasteiger partial charge in [0, 0.05) is 11.8 Å². The Balaban J connectivity index is 2.18. The first-order valence-electron chi connectivity index (χ1n) is 6.32. The minimum absolute atomic E-state index is 0.481. The van der Waals surface area contributed by atoms with E-state index in [9.17, 15) is 0 Å². The van der Waals surface area contributed by atoms with Crippen LogP contribution in [0.5, 0.6) is 0 Å². The molecule has 0 radical (unpaired) electrons. The predicted octanol–water partition coefficient (Wildman–Crippen LogP) is 3.10. The summed E-state index contributed by atoms with van der Waals surface area (Å²) in [5.41, 5.74) is 8.81. The Morgan fingerprint density at radius 3 is 2.15 bits per heavy atom. The zero-order valence-electron chi connectivity index (χ0n) is 10.8. The van der Waals surface area contributed by atoms with Crippen LogP contribution in [0.1, 0.15) is 0 Å². The SMILES string of the molecule is Nc1ncnn2cc(-c3ccccccccc3)cc12. The highest BCUT2D eigenvalue weighted by molar-refractivity contribution is 5.75. The first-order chi connectivity index (χ1) is 9.84. The molecular formula is C16H14N4. The summed E-state index contributed by atoms with van der Waals surface area (Å²) in [6.45, 7) is 0. The second-order valence-corrected chi connectivity index (χ2v) is 4.34. The zero-order valence-corrected chi connectivity index (χ0v) is 10.8. The largest absolute Gasteiger partial charge is 0.382 e. The van der Waals surface area contributed by atoms with Gasteiger partial charge in [0.15, 0.2) is 5.82 Å². The molecule has 2 heterocycles. The van der Waals surface area contributed by atoms with Crippen LogP contribution in [0.3, 0.4) is 0 Å². The van der Waals surface area contributed by atoms with E-state index in [1.54, 1.807) is 4.52 Å². The molecule has 0 saturated carbocycles. The van der Waals surface area contributed by atoms with Gasteiger partial charge in [-0.1, -0.05) is 54.6 Å². The number of nitrogens with two attached hydrogens (primary N) is 1. The van der Waals surface area contributed by atoms with Crippen molar-refractivity contribution in [2.75, 3.05) is 5.73 Å². The average Bonchev–Trinajstić information content (AvgIpc) is 2.90. The van der Waals surface area contributed by atoms with Gasteiger partial charge in [-0.2, -0.15) is 5.10 Å². The lowest BCUT2D eigenvalue weighted by atomic mass is 10.1. The second kappa shape index (κ2) is 5.40. The van der Waals surface area contributed by atoms with E-state index in [2.05, 4.69) is 22.2 Å². The van der Waals surface area contributed by atoms with Crippen LogP contribution >= 0.6 is 0 Å². The quantitative estimate of drug-likeness (QED) is 0.733. The molecule has 0 amide bonds. The maximum absolute atomic E-state index is 5.86. The summed E-state index contributed by atoms with van der Waals surface area (Å²) >= 11 is 0. The zero-order chi connectivity index (χ0) is 13.8. The highest BCUT2D eigenvalue weighted by Gasteiger charge is 2.04. The Hall–Kier alpha value is -2.88.